The first-order valence-corrected chi connectivity index (χ1v) is 9.22. The van der Waals surface area contributed by atoms with Crippen LogP contribution in [0.1, 0.15) is 6.92 Å². The Hall–Kier alpha value is -3.64. The van der Waals surface area contributed by atoms with Gasteiger partial charge in [-0.15, -0.1) is 0 Å². The van der Waals surface area contributed by atoms with Crippen molar-refractivity contribution in [2.75, 3.05) is 17.2 Å². The molecule has 2 aromatic carbocycles. The van der Waals surface area contributed by atoms with Crippen molar-refractivity contribution in [2.24, 2.45) is 0 Å². The van der Waals surface area contributed by atoms with Crippen molar-refractivity contribution < 1.29 is 19.2 Å². The quantitative estimate of drug-likeness (QED) is 0.299. The Bertz CT molecular complexity index is 981. The summed E-state index contributed by atoms with van der Waals surface area (Å²) in [5.74, 6) is -0.876. The van der Waals surface area contributed by atoms with Crippen LogP contribution >= 0.6 is 24.4 Å². The summed E-state index contributed by atoms with van der Waals surface area (Å²) < 4.78 is 5.20. The van der Waals surface area contributed by atoms with E-state index >= 15 is 0 Å². The van der Waals surface area contributed by atoms with Crippen LogP contribution in [0.25, 0.3) is 0 Å². The topological polar surface area (TPSA) is 135 Å². The van der Waals surface area contributed by atoms with E-state index in [0.717, 1.165) is 0 Å². The molecule has 0 heterocycles. The van der Waals surface area contributed by atoms with Gasteiger partial charge in [-0.3, -0.25) is 25.0 Å². The second-order valence-electron chi connectivity index (χ2n) is 5.73. The van der Waals surface area contributed by atoms with Crippen LogP contribution in [0, 0.1) is 10.1 Å². The maximum atomic E-state index is 12.0. The number of carbonyl (C=O) groups is 2. The highest BCUT2D eigenvalue weighted by Crippen LogP contribution is 2.25. The number of hydrogen-bond donors (Lipinski definition) is 4. The molecule has 0 aliphatic carbocycles. The zero-order valence-electron chi connectivity index (χ0n) is 15.6. The summed E-state index contributed by atoms with van der Waals surface area (Å²) in [7, 11) is 0. The highest BCUT2D eigenvalue weighted by molar-refractivity contribution is 7.80. The van der Waals surface area contributed by atoms with E-state index in [-0.39, 0.29) is 27.6 Å². The second-order valence-corrected chi connectivity index (χ2v) is 6.54. The molecule has 0 saturated heterocycles. The summed E-state index contributed by atoms with van der Waals surface area (Å²) in [5, 5.41) is 21.7. The van der Waals surface area contributed by atoms with E-state index < -0.39 is 17.4 Å². The number of thiocarbonyl (C=S) groups is 2. The first-order chi connectivity index (χ1) is 14.2. The lowest BCUT2D eigenvalue weighted by atomic mass is 10.3. The average molecular weight is 447 g/mol. The molecule has 0 aliphatic rings. The highest BCUT2D eigenvalue weighted by atomic mass is 32.1. The number of hydrogen-bond acceptors (Lipinski definition) is 7. The molecule has 4 N–H and O–H groups in total. The molecule has 0 atom stereocenters. The molecular formula is C18H17N5O5S2. The SMILES string of the molecule is CC(=O)NC(=S)Nc1ccc(NC(=S)NC(=O)COc2ccccc2[N+](=O)[O-])cc1. The summed E-state index contributed by atoms with van der Waals surface area (Å²) >= 11 is 10.0. The van der Waals surface area contributed by atoms with Gasteiger partial charge in [-0.25, -0.2) is 0 Å². The Morgan fingerprint density at radius 2 is 1.50 bits per heavy atom. The van der Waals surface area contributed by atoms with E-state index in [4.69, 9.17) is 29.2 Å². The largest absolute Gasteiger partial charge is 0.477 e. The fourth-order valence-electron chi connectivity index (χ4n) is 2.16. The van der Waals surface area contributed by atoms with Gasteiger partial charge in [0.15, 0.2) is 22.6 Å². The summed E-state index contributed by atoms with van der Waals surface area (Å²) in [4.78, 5) is 33.3. The van der Waals surface area contributed by atoms with Crippen molar-refractivity contribution in [3.05, 3.63) is 58.6 Å². The molecule has 2 aromatic rings. The van der Waals surface area contributed by atoms with Crippen molar-refractivity contribution in [2.45, 2.75) is 6.92 Å². The minimum absolute atomic E-state index is 0.0169. The number of nitrogens with one attached hydrogen (secondary N) is 4. The number of amides is 2. The van der Waals surface area contributed by atoms with Crippen LogP contribution < -0.4 is 26.0 Å². The molecule has 0 spiro atoms. The van der Waals surface area contributed by atoms with E-state index in [9.17, 15) is 19.7 Å². The molecule has 12 heteroatoms. The maximum absolute atomic E-state index is 12.0. The molecule has 0 radical (unpaired) electrons. The lowest BCUT2D eigenvalue weighted by Gasteiger charge is -2.12. The number of carbonyl (C=O) groups excluding carboxylic acids is 2. The summed E-state index contributed by atoms with van der Waals surface area (Å²) in [6.07, 6.45) is 0. The Morgan fingerprint density at radius 1 is 0.967 bits per heavy atom. The van der Waals surface area contributed by atoms with E-state index in [1.807, 2.05) is 0 Å². The number of benzene rings is 2. The van der Waals surface area contributed by atoms with Crippen LogP contribution in [-0.4, -0.2) is 33.6 Å². The molecule has 2 amide bonds. The minimum Gasteiger partial charge on any atom is -0.477 e. The zero-order valence-corrected chi connectivity index (χ0v) is 17.3. The molecule has 30 heavy (non-hydrogen) atoms. The Morgan fingerprint density at radius 3 is 2.03 bits per heavy atom. The Labute approximate surface area is 182 Å². The van der Waals surface area contributed by atoms with Gasteiger partial charge >= 0.3 is 5.69 Å². The van der Waals surface area contributed by atoms with Crippen LogP contribution in [-0.2, 0) is 9.59 Å². The molecule has 2 rings (SSSR count). The van der Waals surface area contributed by atoms with Crippen molar-refractivity contribution in [1.29, 1.82) is 0 Å². The summed E-state index contributed by atoms with van der Waals surface area (Å²) in [5.41, 5.74) is 1.00. The fraction of sp³-hybridized carbons (Fsp3) is 0.111. The monoisotopic (exact) mass is 447 g/mol. The van der Waals surface area contributed by atoms with Crippen LogP contribution in [0.4, 0.5) is 17.1 Å². The number of rotatable bonds is 6. The van der Waals surface area contributed by atoms with Gasteiger partial charge in [-0.2, -0.15) is 0 Å². The van der Waals surface area contributed by atoms with Crippen molar-refractivity contribution in [3.63, 3.8) is 0 Å². The van der Waals surface area contributed by atoms with Crippen LogP contribution in [0.15, 0.2) is 48.5 Å². The van der Waals surface area contributed by atoms with Gasteiger partial charge in [0.25, 0.3) is 5.91 Å². The smallest absolute Gasteiger partial charge is 0.310 e. The molecule has 156 valence electrons. The summed E-state index contributed by atoms with van der Waals surface area (Å²) in [6, 6.07) is 12.5. The molecule has 0 fully saturated rings. The van der Waals surface area contributed by atoms with Crippen molar-refractivity contribution >= 4 is 63.5 Å². The van der Waals surface area contributed by atoms with E-state index in [0.29, 0.717) is 11.4 Å². The molecule has 0 unspecified atom stereocenters. The standard InChI is InChI=1S/C18H17N5O5S2/c1-11(24)19-17(29)20-12-6-8-13(9-7-12)21-18(30)22-16(25)10-28-15-5-3-2-4-14(15)23(26)27/h2-9H,10H2,1H3,(H2,19,20,24,29)(H2,21,22,25,30). The zero-order chi connectivity index (χ0) is 22.1. The molecular weight excluding hydrogens is 430 g/mol. The first-order valence-electron chi connectivity index (χ1n) is 8.40. The second kappa shape index (κ2) is 10.8. The Kier molecular flexibility index (Phi) is 8.14. The van der Waals surface area contributed by atoms with Gasteiger partial charge in [0, 0.05) is 24.4 Å². The third kappa shape index (κ3) is 7.41. The van der Waals surface area contributed by atoms with Crippen molar-refractivity contribution in [1.82, 2.24) is 10.6 Å². The number of nitro benzene ring substituents is 1. The van der Waals surface area contributed by atoms with Gasteiger partial charge in [0.1, 0.15) is 0 Å². The Balaban J connectivity index is 1.82. The van der Waals surface area contributed by atoms with E-state index in [1.54, 1.807) is 30.3 Å². The number of nitro groups is 1. The van der Waals surface area contributed by atoms with Crippen molar-refractivity contribution in [3.8, 4) is 5.75 Å². The predicted octanol–water partition coefficient (Wildman–Crippen LogP) is 2.32. The highest BCUT2D eigenvalue weighted by Gasteiger charge is 2.15. The van der Waals surface area contributed by atoms with Gasteiger partial charge in [-0.1, -0.05) is 12.1 Å². The van der Waals surface area contributed by atoms with Crippen LogP contribution in [0.5, 0.6) is 5.75 Å². The lowest BCUT2D eigenvalue weighted by Crippen LogP contribution is -2.37. The normalized spacial score (nSPS) is 9.77. The molecule has 0 aliphatic heterocycles. The lowest BCUT2D eigenvalue weighted by molar-refractivity contribution is -0.385. The fourth-order valence-corrected chi connectivity index (χ4v) is 2.65. The van der Waals surface area contributed by atoms with Gasteiger partial charge < -0.3 is 20.7 Å². The third-order valence-electron chi connectivity index (χ3n) is 3.36. The predicted molar refractivity (Wildman–Crippen MR) is 119 cm³/mol. The number of anilines is 2. The first kappa shape index (κ1) is 22.6. The van der Waals surface area contributed by atoms with Crippen LogP contribution in [0.3, 0.4) is 0 Å². The maximum Gasteiger partial charge on any atom is 0.310 e. The summed E-state index contributed by atoms with van der Waals surface area (Å²) in [6.45, 7) is 0.901. The van der Waals surface area contributed by atoms with Gasteiger partial charge in [-0.05, 0) is 54.8 Å². The van der Waals surface area contributed by atoms with E-state index in [1.165, 1.54) is 25.1 Å². The van der Waals surface area contributed by atoms with Gasteiger partial charge in [0.05, 0.1) is 4.92 Å². The average Bonchev–Trinajstić information content (AvgIpc) is 2.67. The molecule has 0 bridgehead atoms. The van der Waals surface area contributed by atoms with Crippen LogP contribution in [0.2, 0.25) is 0 Å². The van der Waals surface area contributed by atoms with E-state index in [2.05, 4.69) is 21.3 Å². The third-order valence-corrected chi connectivity index (χ3v) is 3.77. The number of ether oxygens (including phenoxy) is 1. The van der Waals surface area contributed by atoms with Gasteiger partial charge in [0.2, 0.25) is 5.91 Å². The molecule has 0 aromatic heterocycles. The minimum atomic E-state index is -0.596. The molecule has 0 saturated carbocycles. The molecule has 10 nitrogen and oxygen atoms in total. The number of nitrogens with zero attached hydrogens (tertiary/aromatic N) is 1. The number of para-hydroxylation sites is 2.